The van der Waals surface area contributed by atoms with Crippen molar-refractivity contribution >= 4 is 0 Å². The fraction of sp³-hybridized carbons (Fsp3) is 0.286. The van der Waals surface area contributed by atoms with Crippen molar-refractivity contribution in [3.63, 3.8) is 0 Å². The lowest BCUT2D eigenvalue weighted by molar-refractivity contribution is 0.174. The van der Waals surface area contributed by atoms with Gasteiger partial charge in [-0.2, -0.15) is 0 Å². The van der Waals surface area contributed by atoms with Crippen molar-refractivity contribution in [3.8, 4) is 11.3 Å². The third-order valence-electron chi connectivity index (χ3n) is 5.45. The summed E-state index contributed by atoms with van der Waals surface area (Å²) in [4.78, 5) is 2.62. The normalized spacial score (nSPS) is 17.7. The Morgan fingerprint density at radius 2 is 1.62 bits per heavy atom. The lowest BCUT2D eigenvalue weighted by Gasteiger charge is -2.31. The van der Waals surface area contributed by atoms with E-state index in [1.54, 1.807) is 0 Å². The van der Waals surface area contributed by atoms with Crippen LogP contribution < -0.4 is 0 Å². The van der Waals surface area contributed by atoms with Crippen LogP contribution in [0.2, 0.25) is 0 Å². The Labute approximate surface area is 141 Å². The second-order valence-electron chi connectivity index (χ2n) is 6.85. The highest BCUT2D eigenvalue weighted by atomic mass is 16.5. The summed E-state index contributed by atoms with van der Waals surface area (Å²) in [6.07, 6.45) is 3.29. The Morgan fingerprint density at radius 1 is 0.917 bits per heavy atom. The van der Waals surface area contributed by atoms with Gasteiger partial charge in [-0.05, 0) is 24.0 Å². The minimum Gasteiger partial charge on any atom is -0.360 e. The fourth-order valence-electron chi connectivity index (χ4n) is 4.16. The van der Waals surface area contributed by atoms with E-state index in [1.165, 1.54) is 16.7 Å². The zero-order chi connectivity index (χ0) is 15.9. The molecule has 3 aromatic rings. The van der Waals surface area contributed by atoms with E-state index in [9.17, 15) is 0 Å². The zero-order valence-corrected chi connectivity index (χ0v) is 13.6. The molecule has 0 N–H and O–H groups in total. The number of rotatable bonds is 2. The zero-order valence-electron chi connectivity index (χ0n) is 13.6. The van der Waals surface area contributed by atoms with Crippen LogP contribution >= 0.6 is 0 Å². The molecule has 24 heavy (non-hydrogen) atoms. The van der Waals surface area contributed by atoms with Crippen LogP contribution in [-0.4, -0.2) is 22.6 Å². The summed E-state index contributed by atoms with van der Waals surface area (Å²) in [6, 6.07) is 19.9. The number of benzene rings is 2. The Kier molecular flexibility index (Phi) is 3.27. The van der Waals surface area contributed by atoms with Gasteiger partial charge in [0.25, 0.3) is 0 Å². The summed E-state index contributed by atoms with van der Waals surface area (Å²) >= 11 is 0. The Balaban J connectivity index is 1.42. The maximum Gasteiger partial charge on any atom is 0.143 e. The molecule has 0 saturated heterocycles. The molecule has 3 heteroatoms. The molecule has 1 aliphatic carbocycles. The molecule has 0 unspecified atom stereocenters. The number of aromatic nitrogens is 1. The maximum absolute atomic E-state index is 5.64. The SMILES string of the molecule is c1ccc(-c2noc3c2CN(C2Cc4ccccc4C2)CC3)cc1. The van der Waals surface area contributed by atoms with Gasteiger partial charge in [-0.1, -0.05) is 59.8 Å². The van der Waals surface area contributed by atoms with E-state index in [1.807, 2.05) is 6.07 Å². The van der Waals surface area contributed by atoms with Gasteiger partial charge in [0, 0.05) is 36.7 Å². The molecule has 0 spiro atoms. The summed E-state index contributed by atoms with van der Waals surface area (Å²) in [5.74, 6) is 1.07. The van der Waals surface area contributed by atoms with Gasteiger partial charge in [-0.3, -0.25) is 4.90 Å². The van der Waals surface area contributed by atoms with Crippen LogP contribution in [0.25, 0.3) is 11.3 Å². The predicted molar refractivity (Wildman–Crippen MR) is 93.7 cm³/mol. The van der Waals surface area contributed by atoms with Crippen LogP contribution in [0.1, 0.15) is 22.5 Å². The standard InChI is InChI=1S/C21H20N2O/c1-2-6-15(7-3-1)21-19-14-23(11-10-20(19)24-22-21)18-12-16-8-4-5-9-17(16)13-18/h1-9,18H,10-14H2. The van der Waals surface area contributed by atoms with E-state index in [0.717, 1.165) is 49.4 Å². The minimum absolute atomic E-state index is 0.606. The van der Waals surface area contributed by atoms with E-state index >= 15 is 0 Å². The molecular formula is C21H20N2O. The Morgan fingerprint density at radius 3 is 2.38 bits per heavy atom. The Hall–Kier alpha value is -2.39. The van der Waals surface area contributed by atoms with Crippen LogP contribution in [0, 0.1) is 0 Å². The summed E-state index contributed by atoms with van der Waals surface area (Å²) in [5, 5.41) is 4.37. The number of fused-ring (bicyclic) bond motifs is 2. The molecule has 0 bridgehead atoms. The molecule has 2 aliphatic rings. The van der Waals surface area contributed by atoms with Crippen LogP contribution in [0.4, 0.5) is 0 Å². The molecule has 2 aromatic carbocycles. The van der Waals surface area contributed by atoms with E-state index < -0.39 is 0 Å². The summed E-state index contributed by atoms with van der Waals surface area (Å²) in [6.45, 7) is 2.01. The number of hydrogen-bond donors (Lipinski definition) is 0. The molecule has 0 amide bonds. The smallest absolute Gasteiger partial charge is 0.143 e. The van der Waals surface area contributed by atoms with Gasteiger partial charge in [0.1, 0.15) is 11.5 Å². The summed E-state index contributed by atoms with van der Waals surface area (Å²) < 4.78 is 5.64. The molecule has 5 rings (SSSR count). The van der Waals surface area contributed by atoms with Crippen molar-refractivity contribution in [3.05, 3.63) is 77.0 Å². The van der Waals surface area contributed by atoms with Crippen LogP contribution in [0.3, 0.4) is 0 Å². The van der Waals surface area contributed by atoms with Crippen molar-refractivity contribution in [1.29, 1.82) is 0 Å². The molecule has 3 nitrogen and oxygen atoms in total. The Bertz CT molecular complexity index is 844. The van der Waals surface area contributed by atoms with Crippen molar-refractivity contribution in [2.24, 2.45) is 0 Å². The number of nitrogens with zero attached hydrogens (tertiary/aromatic N) is 2. The van der Waals surface area contributed by atoms with Crippen molar-refractivity contribution < 1.29 is 4.52 Å². The first-order chi connectivity index (χ1) is 11.9. The fourth-order valence-corrected chi connectivity index (χ4v) is 4.16. The lowest BCUT2D eigenvalue weighted by atomic mass is 9.99. The molecule has 2 heterocycles. The maximum atomic E-state index is 5.64. The quantitative estimate of drug-likeness (QED) is 0.719. The highest BCUT2D eigenvalue weighted by molar-refractivity contribution is 5.63. The predicted octanol–water partition coefficient (Wildman–Crippen LogP) is 3.87. The average Bonchev–Trinajstić information content (AvgIpc) is 3.26. The molecular weight excluding hydrogens is 296 g/mol. The van der Waals surface area contributed by atoms with E-state index in [0.29, 0.717) is 6.04 Å². The summed E-state index contributed by atoms with van der Waals surface area (Å²) in [7, 11) is 0. The molecule has 120 valence electrons. The second kappa shape index (κ2) is 5.60. The van der Waals surface area contributed by atoms with Gasteiger partial charge in [0.05, 0.1) is 0 Å². The van der Waals surface area contributed by atoms with Gasteiger partial charge in [0.2, 0.25) is 0 Å². The van der Waals surface area contributed by atoms with Crippen molar-refractivity contribution in [2.75, 3.05) is 6.54 Å². The van der Waals surface area contributed by atoms with Crippen molar-refractivity contribution in [2.45, 2.75) is 31.8 Å². The first-order valence-corrected chi connectivity index (χ1v) is 8.72. The molecule has 0 radical (unpaired) electrons. The van der Waals surface area contributed by atoms with E-state index in [-0.39, 0.29) is 0 Å². The van der Waals surface area contributed by atoms with Gasteiger partial charge in [0.15, 0.2) is 0 Å². The molecule has 0 atom stereocenters. The third kappa shape index (κ3) is 2.28. The monoisotopic (exact) mass is 316 g/mol. The topological polar surface area (TPSA) is 29.3 Å². The highest BCUT2D eigenvalue weighted by Crippen LogP contribution is 2.33. The molecule has 0 fully saturated rings. The summed E-state index contributed by atoms with van der Waals surface area (Å²) in [5.41, 5.74) is 6.48. The first-order valence-electron chi connectivity index (χ1n) is 8.72. The molecule has 1 aliphatic heterocycles. The van der Waals surface area contributed by atoms with Gasteiger partial charge in [-0.25, -0.2) is 0 Å². The molecule has 0 saturated carbocycles. The lowest BCUT2D eigenvalue weighted by Crippen LogP contribution is -2.39. The third-order valence-corrected chi connectivity index (χ3v) is 5.45. The average molecular weight is 316 g/mol. The second-order valence-corrected chi connectivity index (χ2v) is 6.85. The number of hydrogen-bond acceptors (Lipinski definition) is 3. The largest absolute Gasteiger partial charge is 0.360 e. The van der Waals surface area contributed by atoms with Crippen molar-refractivity contribution in [1.82, 2.24) is 10.1 Å². The van der Waals surface area contributed by atoms with Crippen LogP contribution in [-0.2, 0) is 25.8 Å². The first kappa shape index (κ1) is 14.0. The minimum atomic E-state index is 0.606. The van der Waals surface area contributed by atoms with Gasteiger partial charge < -0.3 is 4.52 Å². The van der Waals surface area contributed by atoms with Crippen LogP contribution in [0.15, 0.2) is 59.1 Å². The molecule has 1 aromatic heterocycles. The van der Waals surface area contributed by atoms with E-state index in [2.05, 4.69) is 58.6 Å². The highest BCUT2D eigenvalue weighted by Gasteiger charge is 2.32. The van der Waals surface area contributed by atoms with Crippen LogP contribution in [0.5, 0.6) is 0 Å². The van der Waals surface area contributed by atoms with E-state index in [4.69, 9.17) is 4.52 Å². The van der Waals surface area contributed by atoms with Gasteiger partial charge in [-0.15, -0.1) is 0 Å². The van der Waals surface area contributed by atoms with Gasteiger partial charge >= 0.3 is 0 Å².